The predicted octanol–water partition coefficient (Wildman–Crippen LogP) is 2.50. The molecule has 2 rings (SSSR count). The Hall–Kier alpha value is -3.61. The van der Waals surface area contributed by atoms with Crippen LogP contribution in [0.1, 0.15) is 26.3 Å². The largest absolute Gasteiger partial charge is 0.507 e. The zero-order valence-electron chi connectivity index (χ0n) is 13.1. The van der Waals surface area contributed by atoms with Gasteiger partial charge in [0.05, 0.1) is 12.7 Å². The first kappa shape index (κ1) is 17.7. The number of esters is 2. The lowest BCUT2D eigenvalue weighted by Gasteiger charge is -2.07. The van der Waals surface area contributed by atoms with Gasteiger partial charge in [0.2, 0.25) is 0 Å². The lowest BCUT2D eigenvalue weighted by molar-refractivity contribution is -0.134. The second-order valence-electron chi connectivity index (χ2n) is 4.86. The maximum Gasteiger partial charge on any atom is 0.347 e. The van der Waals surface area contributed by atoms with E-state index in [1.54, 1.807) is 0 Å². The summed E-state index contributed by atoms with van der Waals surface area (Å²) in [6, 6.07) is 9.54. The summed E-state index contributed by atoms with van der Waals surface area (Å²) in [6.07, 6.45) is 2.58. The van der Waals surface area contributed by atoms with Gasteiger partial charge in [-0.05, 0) is 42.0 Å². The first-order valence-electron chi connectivity index (χ1n) is 7.05. The van der Waals surface area contributed by atoms with Gasteiger partial charge in [-0.1, -0.05) is 12.1 Å². The molecule has 0 saturated carbocycles. The third kappa shape index (κ3) is 4.68. The summed E-state index contributed by atoms with van der Waals surface area (Å²) in [6.45, 7) is 0. The number of phenols is 1. The molecular weight excluding hydrogens is 328 g/mol. The molecule has 25 heavy (non-hydrogen) atoms. The van der Waals surface area contributed by atoms with Crippen LogP contribution in [0, 0.1) is 0 Å². The van der Waals surface area contributed by atoms with Crippen LogP contribution in [-0.4, -0.2) is 35.2 Å². The summed E-state index contributed by atoms with van der Waals surface area (Å²) in [7, 11) is 1.24. The summed E-state index contributed by atoms with van der Waals surface area (Å²) < 4.78 is 9.53. The fourth-order valence-electron chi connectivity index (χ4n) is 1.91. The molecule has 0 amide bonds. The molecule has 0 fully saturated rings. The predicted molar refractivity (Wildman–Crippen MR) is 87.5 cm³/mol. The van der Waals surface area contributed by atoms with Gasteiger partial charge in [0.25, 0.3) is 0 Å². The van der Waals surface area contributed by atoms with E-state index < -0.39 is 17.9 Å². The molecule has 2 aromatic carbocycles. The highest BCUT2D eigenvalue weighted by molar-refractivity contribution is 5.95. The highest BCUT2D eigenvalue weighted by Crippen LogP contribution is 2.22. The van der Waals surface area contributed by atoms with Crippen molar-refractivity contribution in [3.05, 3.63) is 65.2 Å². The first-order chi connectivity index (χ1) is 11.9. The van der Waals surface area contributed by atoms with E-state index >= 15 is 0 Å². The first-order valence-corrected chi connectivity index (χ1v) is 7.05. The van der Waals surface area contributed by atoms with Gasteiger partial charge in [-0.3, -0.25) is 0 Å². The van der Waals surface area contributed by atoms with Crippen molar-refractivity contribution in [3.63, 3.8) is 0 Å². The number of carboxylic acids is 1. The number of carbonyl (C=O) groups excluding carboxylic acids is 2. The fourth-order valence-corrected chi connectivity index (χ4v) is 1.91. The van der Waals surface area contributed by atoms with Crippen molar-refractivity contribution in [3.8, 4) is 11.5 Å². The number of aromatic hydroxyl groups is 1. The molecule has 0 unspecified atom stereocenters. The van der Waals surface area contributed by atoms with Crippen LogP contribution in [0.2, 0.25) is 0 Å². The van der Waals surface area contributed by atoms with E-state index in [9.17, 15) is 19.5 Å². The van der Waals surface area contributed by atoms with E-state index in [0.717, 1.165) is 0 Å². The van der Waals surface area contributed by atoms with Crippen LogP contribution in [-0.2, 0) is 9.53 Å². The van der Waals surface area contributed by atoms with E-state index in [-0.39, 0.29) is 22.6 Å². The van der Waals surface area contributed by atoms with Gasteiger partial charge in [0.15, 0.2) is 0 Å². The summed E-state index contributed by atoms with van der Waals surface area (Å²) in [4.78, 5) is 34.1. The van der Waals surface area contributed by atoms with Crippen molar-refractivity contribution in [1.29, 1.82) is 0 Å². The van der Waals surface area contributed by atoms with Gasteiger partial charge in [-0.2, -0.15) is 0 Å². The van der Waals surface area contributed by atoms with Gasteiger partial charge >= 0.3 is 17.9 Å². The number of phenolic OH excluding ortho intramolecular Hbond substituents is 1. The average Bonchev–Trinajstić information content (AvgIpc) is 2.59. The minimum atomic E-state index is -1.15. The van der Waals surface area contributed by atoms with Gasteiger partial charge in [-0.25, -0.2) is 14.4 Å². The number of rotatable bonds is 5. The standard InChI is InChI=1S/C18H14O7/c1-24-16(20)8-6-11-5-7-14(15(19)9-11)18(23)25-13-4-2-3-12(10-13)17(21)22/h2-10,19H,1H3,(H,21,22)/b8-6+. The van der Waals surface area contributed by atoms with Gasteiger partial charge < -0.3 is 19.7 Å². The zero-order valence-corrected chi connectivity index (χ0v) is 13.1. The number of hydrogen-bond acceptors (Lipinski definition) is 6. The SMILES string of the molecule is COC(=O)/C=C/c1ccc(C(=O)Oc2cccc(C(=O)O)c2)c(O)c1. The van der Waals surface area contributed by atoms with E-state index in [1.807, 2.05) is 0 Å². The molecule has 0 heterocycles. The maximum absolute atomic E-state index is 12.1. The van der Waals surface area contributed by atoms with Crippen LogP contribution in [0.25, 0.3) is 6.08 Å². The molecule has 128 valence electrons. The quantitative estimate of drug-likeness (QED) is 0.488. The molecule has 0 aliphatic heterocycles. The molecule has 0 aromatic heterocycles. The minimum Gasteiger partial charge on any atom is -0.507 e. The Morgan fingerprint density at radius 2 is 1.84 bits per heavy atom. The molecule has 0 aliphatic rings. The molecule has 0 radical (unpaired) electrons. The molecule has 7 nitrogen and oxygen atoms in total. The Kier molecular flexibility index (Phi) is 5.52. The molecule has 0 atom stereocenters. The number of aromatic carboxylic acids is 1. The van der Waals surface area contributed by atoms with Crippen molar-refractivity contribution < 1.29 is 34.1 Å². The van der Waals surface area contributed by atoms with Crippen molar-refractivity contribution in [2.45, 2.75) is 0 Å². The number of carboxylic acid groups (broad SMARTS) is 1. The summed E-state index contributed by atoms with van der Waals surface area (Å²) in [5.41, 5.74) is 0.348. The van der Waals surface area contributed by atoms with Gasteiger partial charge in [-0.15, -0.1) is 0 Å². The Morgan fingerprint density at radius 1 is 1.08 bits per heavy atom. The minimum absolute atomic E-state index is 0.0298. The average molecular weight is 342 g/mol. The number of benzene rings is 2. The third-order valence-corrected chi connectivity index (χ3v) is 3.15. The van der Waals surface area contributed by atoms with Crippen LogP contribution in [0.15, 0.2) is 48.5 Å². The highest BCUT2D eigenvalue weighted by Gasteiger charge is 2.15. The summed E-state index contributed by atoms with van der Waals surface area (Å²) in [5, 5.41) is 18.9. The normalized spacial score (nSPS) is 10.4. The molecule has 2 aromatic rings. The third-order valence-electron chi connectivity index (χ3n) is 3.15. The Morgan fingerprint density at radius 3 is 2.48 bits per heavy atom. The number of carbonyl (C=O) groups is 3. The zero-order chi connectivity index (χ0) is 18.4. The van der Waals surface area contributed by atoms with Crippen LogP contribution >= 0.6 is 0 Å². The van der Waals surface area contributed by atoms with Crippen LogP contribution in [0.3, 0.4) is 0 Å². The van der Waals surface area contributed by atoms with E-state index in [0.29, 0.717) is 5.56 Å². The smallest absolute Gasteiger partial charge is 0.347 e. The molecule has 0 bridgehead atoms. The molecule has 0 saturated heterocycles. The molecule has 0 aliphatic carbocycles. The topological polar surface area (TPSA) is 110 Å². The fraction of sp³-hybridized carbons (Fsp3) is 0.0556. The lowest BCUT2D eigenvalue weighted by Crippen LogP contribution is -2.09. The van der Waals surface area contributed by atoms with E-state index in [2.05, 4.69) is 4.74 Å². The summed E-state index contributed by atoms with van der Waals surface area (Å²) >= 11 is 0. The van der Waals surface area contributed by atoms with Crippen LogP contribution in [0.5, 0.6) is 11.5 Å². The maximum atomic E-state index is 12.1. The summed E-state index contributed by atoms with van der Waals surface area (Å²) in [5.74, 6) is -2.85. The van der Waals surface area contributed by atoms with Crippen molar-refractivity contribution in [2.24, 2.45) is 0 Å². The van der Waals surface area contributed by atoms with Crippen molar-refractivity contribution >= 4 is 24.0 Å². The monoisotopic (exact) mass is 342 g/mol. The van der Waals surface area contributed by atoms with Crippen LogP contribution in [0.4, 0.5) is 0 Å². The van der Waals surface area contributed by atoms with Gasteiger partial charge in [0, 0.05) is 6.08 Å². The second kappa shape index (κ2) is 7.78. The van der Waals surface area contributed by atoms with Crippen LogP contribution < -0.4 is 4.74 Å². The second-order valence-corrected chi connectivity index (χ2v) is 4.86. The van der Waals surface area contributed by atoms with Crippen molar-refractivity contribution in [2.75, 3.05) is 7.11 Å². The molecule has 7 heteroatoms. The Balaban J connectivity index is 2.17. The van der Waals surface area contributed by atoms with E-state index in [4.69, 9.17) is 9.84 Å². The van der Waals surface area contributed by atoms with Crippen molar-refractivity contribution in [1.82, 2.24) is 0 Å². The van der Waals surface area contributed by atoms with E-state index in [1.165, 1.54) is 61.7 Å². The number of hydrogen-bond donors (Lipinski definition) is 2. The van der Waals surface area contributed by atoms with Gasteiger partial charge in [0.1, 0.15) is 17.1 Å². The lowest BCUT2D eigenvalue weighted by atomic mass is 10.1. The number of ether oxygens (including phenoxy) is 2. The highest BCUT2D eigenvalue weighted by atomic mass is 16.5. The molecular formula is C18H14O7. The molecule has 0 spiro atoms. The number of methoxy groups -OCH3 is 1. The Bertz CT molecular complexity index is 852. The Labute approximate surface area is 142 Å². The molecule has 2 N–H and O–H groups in total.